The van der Waals surface area contributed by atoms with Gasteiger partial charge in [0.25, 0.3) is 5.91 Å². The number of rotatable bonds is 5. The van der Waals surface area contributed by atoms with Gasteiger partial charge >= 0.3 is 6.09 Å². The van der Waals surface area contributed by atoms with E-state index in [1.54, 1.807) is 26.8 Å². The lowest BCUT2D eigenvalue weighted by Gasteiger charge is -2.46. The third-order valence-electron chi connectivity index (χ3n) is 4.43. The number of halogens is 1. The number of β-amino-alcohol motifs (C(OH)–C–C–N with tert-alkyl or cyclic N) is 1. The van der Waals surface area contributed by atoms with Crippen LogP contribution in [0.5, 0.6) is 0 Å². The second-order valence-corrected chi connectivity index (χ2v) is 7.96. The topological polar surface area (TPSA) is 88.1 Å². The lowest BCUT2D eigenvalue weighted by atomic mass is 9.91. The summed E-state index contributed by atoms with van der Waals surface area (Å²) in [5.74, 6) is -1.14. The molecule has 0 saturated carbocycles. The number of nitrogens with zero attached hydrogens (tertiary/aromatic N) is 1. The molecule has 1 atom stereocenters. The van der Waals surface area contributed by atoms with Crippen molar-refractivity contribution in [3.8, 4) is 0 Å². The van der Waals surface area contributed by atoms with Crippen LogP contribution < -0.4 is 5.32 Å². The van der Waals surface area contributed by atoms with Crippen LogP contribution in [0.1, 0.15) is 33.3 Å². The average Bonchev–Trinajstić information content (AvgIpc) is 2.55. The molecule has 8 heteroatoms. The lowest BCUT2D eigenvalue weighted by Crippen LogP contribution is -2.68. The van der Waals surface area contributed by atoms with Crippen molar-refractivity contribution in [3.63, 3.8) is 0 Å². The van der Waals surface area contributed by atoms with Crippen LogP contribution in [0, 0.1) is 5.82 Å². The predicted octanol–water partition coefficient (Wildman–Crippen LogP) is 1.79. The maximum Gasteiger partial charge on any atom is 0.410 e. The Morgan fingerprint density at radius 2 is 1.85 bits per heavy atom. The molecule has 0 spiro atoms. The van der Waals surface area contributed by atoms with Gasteiger partial charge in [0.1, 0.15) is 17.0 Å². The summed E-state index contributed by atoms with van der Waals surface area (Å²) >= 11 is 0. The Kier molecular flexibility index (Phi) is 5.82. The lowest BCUT2D eigenvalue weighted by molar-refractivity contribution is -0.146. The van der Waals surface area contributed by atoms with Crippen LogP contribution in [0.15, 0.2) is 24.3 Å². The number of amides is 2. The summed E-state index contributed by atoms with van der Waals surface area (Å²) in [5, 5.41) is 13.1. The molecule has 1 saturated heterocycles. The highest BCUT2D eigenvalue weighted by atomic mass is 19.1. The molecular weight excluding hydrogens is 355 g/mol. The van der Waals surface area contributed by atoms with Crippen LogP contribution in [-0.4, -0.2) is 60.0 Å². The monoisotopic (exact) mass is 382 g/mol. The van der Waals surface area contributed by atoms with Crippen molar-refractivity contribution in [3.05, 3.63) is 35.6 Å². The molecule has 0 aliphatic carbocycles. The molecule has 0 unspecified atom stereocenters. The summed E-state index contributed by atoms with van der Waals surface area (Å²) < 4.78 is 24.6. The van der Waals surface area contributed by atoms with Crippen molar-refractivity contribution in [2.24, 2.45) is 0 Å². The fourth-order valence-corrected chi connectivity index (χ4v) is 2.82. The normalized spacial score (nSPS) is 18.3. The van der Waals surface area contributed by atoms with Crippen molar-refractivity contribution in [2.75, 3.05) is 26.7 Å². The van der Waals surface area contributed by atoms with Gasteiger partial charge in [-0.3, -0.25) is 4.79 Å². The van der Waals surface area contributed by atoms with Gasteiger partial charge in [-0.2, -0.15) is 0 Å². The molecule has 1 aromatic rings. The first kappa shape index (κ1) is 21.1. The molecule has 1 aliphatic rings. The van der Waals surface area contributed by atoms with E-state index in [2.05, 4.69) is 5.32 Å². The first-order valence-electron chi connectivity index (χ1n) is 8.69. The number of carbonyl (C=O) groups is 2. The Hall–Kier alpha value is -2.19. The first-order chi connectivity index (χ1) is 12.4. The van der Waals surface area contributed by atoms with Gasteiger partial charge in [-0.15, -0.1) is 0 Å². The molecule has 1 heterocycles. The molecule has 2 rings (SSSR count). The molecule has 27 heavy (non-hydrogen) atoms. The molecule has 150 valence electrons. The number of ether oxygens (including phenoxy) is 2. The van der Waals surface area contributed by atoms with Crippen molar-refractivity contribution in [1.29, 1.82) is 0 Å². The average molecular weight is 382 g/mol. The SMILES string of the molecule is CO[C@](C)(C(=O)NCC1(O)CN(C(=O)OC(C)(C)C)C1)c1ccccc1F. The third kappa shape index (κ3) is 4.75. The second-order valence-electron chi connectivity index (χ2n) is 7.96. The van der Waals surface area contributed by atoms with Gasteiger partial charge in [0.15, 0.2) is 5.60 Å². The smallest absolute Gasteiger partial charge is 0.410 e. The van der Waals surface area contributed by atoms with E-state index in [-0.39, 0.29) is 25.2 Å². The van der Waals surface area contributed by atoms with Gasteiger partial charge in [-0.25, -0.2) is 9.18 Å². The zero-order chi connectivity index (χ0) is 20.5. The predicted molar refractivity (Wildman–Crippen MR) is 96.5 cm³/mol. The minimum Gasteiger partial charge on any atom is -0.444 e. The van der Waals surface area contributed by atoms with Crippen molar-refractivity contribution in [1.82, 2.24) is 10.2 Å². The van der Waals surface area contributed by atoms with E-state index in [4.69, 9.17) is 9.47 Å². The van der Waals surface area contributed by atoms with Crippen LogP contribution in [0.4, 0.5) is 9.18 Å². The second kappa shape index (κ2) is 7.44. The molecule has 7 nitrogen and oxygen atoms in total. The summed E-state index contributed by atoms with van der Waals surface area (Å²) in [7, 11) is 1.31. The number of nitrogens with one attached hydrogen (secondary N) is 1. The van der Waals surface area contributed by atoms with Gasteiger partial charge in [-0.05, 0) is 33.8 Å². The molecule has 0 aromatic heterocycles. The van der Waals surface area contributed by atoms with E-state index in [0.29, 0.717) is 0 Å². The van der Waals surface area contributed by atoms with Crippen LogP contribution in [0.25, 0.3) is 0 Å². The highest BCUT2D eigenvalue weighted by Crippen LogP contribution is 2.28. The Bertz CT molecular complexity index is 712. The number of benzene rings is 1. The zero-order valence-corrected chi connectivity index (χ0v) is 16.3. The quantitative estimate of drug-likeness (QED) is 0.811. The van der Waals surface area contributed by atoms with Gasteiger partial charge in [-0.1, -0.05) is 18.2 Å². The van der Waals surface area contributed by atoms with E-state index in [0.717, 1.165) is 0 Å². The van der Waals surface area contributed by atoms with E-state index >= 15 is 0 Å². The van der Waals surface area contributed by atoms with Crippen molar-refractivity contribution in [2.45, 2.75) is 44.5 Å². The van der Waals surface area contributed by atoms with Crippen LogP contribution in [-0.2, 0) is 19.9 Å². The highest BCUT2D eigenvalue weighted by Gasteiger charge is 2.46. The molecule has 1 fully saturated rings. The Morgan fingerprint density at radius 3 is 2.37 bits per heavy atom. The maximum atomic E-state index is 14.1. The fourth-order valence-electron chi connectivity index (χ4n) is 2.82. The van der Waals surface area contributed by atoms with Crippen LogP contribution >= 0.6 is 0 Å². The van der Waals surface area contributed by atoms with Crippen molar-refractivity contribution < 1.29 is 28.6 Å². The third-order valence-corrected chi connectivity index (χ3v) is 4.43. The summed E-state index contributed by atoms with van der Waals surface area (Å²) in [6.07, 6.45) is -0.522. The number of carbonyl (C=O) groups excluding carboxylic acids is 2. The summed E-state index contributed by atoms with van der Waals surface area (Å²) in [6, 6.07) is 5.86. The zero-order valence-electron chi connectivity index (χ0n) is 16.3. The van der Waals surface area contributed by atoms with E-state index < -0.39 is 34.6 Å². The molecule has 1 aromatic carbocycles. The first-order valence-corrected chi connectivity index (χ1v) is 8.69. The van der Waals surface area contributed by atoms with Crippen LogP contribution in [0.2, 0.25) is 0 Å². The molecule has 2 amide bonds. The minimum atomic E-state index is -1.55. The number of methoxy groups -OCH3 is 1. The van der Waals surface area contributed by atoms with Gasteiger partial charge in [0.05, 0.1) is 13.1 Å². The molecule has 0 bridgehead atoms. The van der Waals surface area contributed by atoms with E-state index in [1.165, 1.54) is 37.1 Å². The minimum absolute atomic E-state index is 0.0333. The summed E-state index contributed by atoms with van der Waals surface area (Å²) in [6.45, 7) is 6.69. The molecule has 1 aliphatic heterocycles. The Balaban J connectivity index is 1.95. The van der Waals surface area contributed by atoms with E-state index in [9.17, 15) is 19.1 Å². The summed E-state index contributed by atoms with van der Waals surface area (Å²) in [4.78, 5) is 25.9. The van der Waals surface area contributed by atoms with E-state index in [1.807, 2.05) is 0 Å². The number of likely N-dealkylation sites (tertiary alicyclic amines) is 1. The molecule has 0 radical (unpaired) electrons. The number of hydrogen-bond donors (Lipinski definition) is 2. The maximum absolute atomic E-state index is 14.1. The number of hydrogen-bond acceptors (Lipinski definition) is 5. The van der Waals surface area contributed by atoms with Gasteiger partial charge in [0, 0.05) is 19.2 Å². The largest absolute Gasteiger partial charge is 0.444 e. The number of aliphatic hydroxyl groups is 1. The molecular formula is C19H27FN2O5. The van der Waals surface area contributed by atoms with Crippen molar-refractivity contribution >= 4 is 12.0 Å². The summed E-state index contributed by atoms with van der Waals surface area (Å²) in [5.41, 5.74) is -3.34. The highest BCUT2D eigenvalue weighted by molar-refractivity contribution is 5.86. The Morgan fingerprint density at radius 1 is 1.26 bits per heavy atom. The Labute approximate surface area is 158 Å². The van der Waals surface area contributed by atoms with Crippen LogP contribution in [0.3, 0.4) is 0 Å². The van der Waals surface area contributed by atoms with Gasteiger partial charge < -0.3 is 24.8 Å². The standard InChI is InChI=1S/C19H27FN2O5/c1-17(2,3)27-16(24)22-11-19(25,12-22)10-21-15(23)18(4,26-5)13-8-6-7-9-14(13)20/h6-9,25H,10-12H2,1-5H3,(H,21,23)/t18-/m0/s1. The molecule has 2 N–H and O–H groups in total. The van der Waals surface area contributed by atoms with Gasteiger partial charge in [0.2, 0.25) is 0 Å². The fraction of sp³-hybridized carbons (Fsp3) is 0.579.